The Bertz CT molecular complexity index is 1850. The number of hydrazone groups is 2. The molecule has 53 heavy (non-hydrogen) atoms. The van der Waals surface area contributed by atoms with E-state index in [0.717, 1.165) is 56.4 Å². The van der Waals surface area contributed by atoms with Gasteiger partial charge in [-0.05, 0) is 82.9 Å². The summed E-state index contributed by atoms with van der Waals surface area (Å²) in [7, 11) is 6.67. The predicted octanol–water partition coefficient (Wildman–Crippen LogP) is 8.47. The van der Waals surface area contributed by atoms with E-state index in [4.69, 9.17) is 23.4 Å². The molecule has 0 spiro atoms. The third-order valence-corrected chi connectivity index (χ3v) is 8.06. The maximum Gasteiger partial charge on any atom is 0.118 e. The summed E-state index contributed by atoms with van der Waals surface area (Å²) in [6.45, 7) is 2.74. The molecular weight excluding hydrogens is 667 g/mol. The van der Waals surface area contributed by atoms with Crippen molar-refractivity contribution in [1.29, 1.82) is 0 Å². The van der Waals surface area contributed by atoms with Crippen molar-refractivity contribution >= 4 is 12.4 Å². The molecule has 2 heterocycles. The largest absolute Gasteiger partial charge is 0.497 e. The molecule has 0 aliphatic carbocycles. The molecule has 0 amide bonds. The first-order valence-electron chi connectivity index (χ1n) is 17.1. The summed E-state index contributed by atoms with van der Waals surface area (Å²) in [5.74, 6) is 3.38. The fourth-order valence-corrected chi connectivity index (χ4v) is 5.14. The fourth-order valence-electron chi connectivity index (χ4n) is 5.14. The predicted molar refractivity (Wildman–Crippen MR) is 209 cm³/mol. The van der Waals surface area contributed by atoms with Crippen LogP contribution in [-0.4, -0.2) is 55.9 Å². The average Bonchev–Trinajstić information content (AvgIpc) is 3.75. The molecule has 0 aliphatic heterocycles. The number of hydrogen-bond donors (Lipinski definition) is 0. The van der Waals surface area contributed by atoms with Crippen molar-refractivity contribution in [1.82, 2.24) is 15.0 Å². The fraction of sp³-hybridized carbons (Fsp3) is 0.186. The smallest absolute Gasteiger partial charge is 0.118 e. The highest BCUT2D eigenvalue weighted by Crippen LogP contribution is 2.19. The van der Waals surface area contributed by atoms with E-state index in [2.05, 4.69) is 39.5 Å². The molecule has 2 aromatic heterocycles. The third-order valence-electron chi connectivity index (χ3n) is 8.06. The standard InChI is InChI=1S/C22H23N3O2.C21H22N2O3/c1-26-21-9-5-18(6-10-21)16-25(24-15-20-4-3-13-23-14-20)17-19-7-11-22(27-2)12-8-19;1-24-20-7-3-17(4-8-20)14-23(22-13-19-11-12-26-16-19)15-18-5-9-21(25-2)10-6-18/h3-15H,16-17H2,1-2H3;3-13,16H,14-15H2,1-2H3. The van der Waals surface area contributed by atoms with Crippen LogP contribution in [0.2, 0.25) is 0 Å². The molecule has 10 heteroatoms. The Kier molecular flexibility index (Phi) is 14.5. The molecular formula is C43H45N5O5. The van der Waals surface area contributed by atoms with Crippen LogP contribution >= 0.6 is 0 Å². The number of nitrogens with zero attached hydrogens (tertiary/aromatic N) is 5. The van der Waals surface area contributed by atoms with E-state index in [9.17, 15) is 0 Å². The molecule has 0 bridgehead atoms. The van der Waals surface area contributed by atoms with Crippen LogP contribution in [-0.2, 0) is 26.2 Å². The summed E-state index contributed by atoms with van der Waals surface area (Å²) in [5.41, 5.74) is 6.53. The van der Waals surface area contributed by atoms with Gasteiger partial charge in [-0.2, -0.15) is 10.2 Å². The van der Waals surface area contributed by atoms with Gasteiger partial charge in [0, 0.05) is 23.5 Å². The number of furan rings is 1. The van der Waals surface area contributed by atoms with Gasteiger partial charge in [0.25, 0.3) is 0 Å². The normalized spacial score (nSPS) is 10.8. The van der Waals surface area contributed by atoms with E-state index in [-0.39, 0.29) is 0 Å². The van der Waals surface area contributed by atoms with Crippen LogP contribution in [0.1, 0.15) is 33.4 Å². The Hall–Kier alpha value is -6.55. The maximum absolute atomic E-state index is 5.23. The first-order valence-corrected chi connectivity index (χ1v) is 17.1. The zero-order valence-electron chi connectivity index (χ0n) is 30.5. The van der Waals surface area contributed by atoms with E-state index >= 15 is 0 Å². The van der Waals surface area contributed by atoms with Crippen molar-refractivity contribution in [3.05, 3.63) is 174 Å². The van der Waals surface area contributed by atoms with Gasteiger partial charge in [-0.3, -0.25) is 15.0 Å². The zero-order valence-corrected chi connectivity index (χ0v) is 30.5. The second-order valence-corrected chi connectivity index (χ2v) is 11.9. The molecule has 0 saturated heterocycles. The van der Waals surface area contributed by atoms with Gasteiger partial charge in [0.05, 0.1) is 79.6 Å². The molecule has 0 radical (unpaired) electrons. The molecule has 0 unspecified atom stereocenters. The number of methoxy groups -OCH3 is 4. The van der Waals surface area contributed by atoms with E-state index in [1.54, 1.807) is 59.6 Å². The maximum atomic E-state index is 5.23. The molecule has 6 rings (SSSR count). The van der Waals surface area contributed by atoms with E-state index in [0.29, 0.717) is 26.2 Å². The topological polar surface area (TPSA) is 94.2 Å². The van der Waals surface area contributed by atoms with E-state index < -0.39 is 0 Å². The summed E-state index contributed by atoms with van der Waals surface area (Å²) in [4.78, 5) is 4.13. The van der Waals surface area contributed by atoms with E-state index in [1.165, 1.54) is 0 Å². The molecule has 0 N–H and O–H groups in total. The molecule has 10 nitrogen and oxygen atoms in total. The molecule has 0 saturated carbocycles. The van der Waals surface area contributed by atoms with Gasteiger partial charge in [0.1, 0.15) is 23.0 Å². The van der Waals surface area contributed by atoms with Gasteiger partial charge in [0.2, 0.25) is 0 Å². The van der Waals surface area contributed by atoms with Crippen molar-refractivity contribution in [2.24, 2.45) is 10.2 Å². The molecule has 4 aromatic carbocycles. The lowest BCUT2D eigenvalue weighted by molar-refractivity contribution is 0.272. The first-order chi connectivity index (χ1) is 26.0. The van der Waals surface area contributed by atoms with Gasteiger partial charge in [-0.1, -0.05) is 54.6 Å². The van der Waals surface area contributed by atoms with Crippen LogP contribution in [0.15, 0.2) is 155 Å². The Morgan fingerprint density at radius 2 is 0.887 bits per heavy atom. The number of pyridine rings is 1. The van der Waals surface area contributed by atoms with Crippen molar-refractivity contribution < 1.29 is 23.4 Å². The lowest BCUT2D eigenvalue weighted by Crippen LogP contribution is -2.17. The Balaban J connectivity index is 0.000000204. The molecule has 0 atom stereocenters. The lowest BCUT2D eigenvalue weighted by atomic mass is 10.2. The average molecular weight is 712 g/mol. The summed E-state index contributed by atoms with van der Waals surface area (Å²) in [5, 5.41) is 13.3. The van der Waals surface area contributed by atoms with Gasteiger partial charge >= 0.3 is 0 Å². The first kappa shape index (κ1) is 37.7. The highest BCUT2D eigenvalue weighted by Gasteiger charge is 2.07. The Labute approximate surface area is 311 Å². The van der Waals surface area contributed by atoms with Crippen molar-refractivity contribution in [2.75, 3.05) is 28.4 Å². The van der Waals surface area contributed by atoms with Crippen LogP contribution in [0.4, 0.5) is 0 Å². The minimum atomic E-state index is 0.685. The van der Waals surface area contributed by atoms with Gasteiger partial charge in [0.15, 0.2) is 0 Å². The molecule has 272 valence electrons. The number of ether oxygens (including phenoxy) is 4. The van der Waals surface area contributed by atoms with Crippen LogP contribution in [0.5, 0.6) is 23.0 Å². The molecule has 6 aromatic rings. The number of benzene rings is 4. The summed E-state index contributed by atoms with van der Waals surface area (Å²) in [6.07, 6.45) is 10.5. The number of aromatic nitrogens is 1. The summed E-state index contributed by atoms with van der Waals surface area (Å²) >= 11 is 0. The van der Waals surface area contributed by atoms with Gasteiger partial charge in [-0.15, -0.1) is 0 Å². The second-order valence-electron chi connectivity index (χ2n) is 11.9. The number of hydrogen-bond acceptors (Lipinski definition) is 10. The number of rotatable bonds is 16. The van der Waals surface area contributed by atoms with Crippen LogP contribution in [0, 0.1) is 0 Å². The third kappa shape index (κ3) is 12.6. The highest BCUT2D eigenvalue weighted by molar-refractivity contribution is 5.79. The monoisotopic (exact) mass is 711 g/mol. The Morgan fingerprint density at radius 1 is 0.509 bits per heavy atom. The summed E-state index contributed by atoms with van der Waals surface area (Å²) in [6, 6.07) is 37.9. The van der Waals surface area contributed by atoms with Gasteiger partial charge in [-0.25, -0.2) is 0 Å². The minimum Gasteiger partial charge on any atom is -0.497 e. The van der Waals surface area contributed by atoms with Crippen LogP contribution in [0.3, 0.4) is 0 Å². The van der Waals surface area contributed by atoms with Crippen molar-refractivity contribution in [3.63, 3.8) is 0 Å². The minimum absolute atomic E-state index is 0.685. The van der Waals surface area contributed by atoms with E-state index in [1.807, 2.05) is 107 Å². The van der Waals surface area contributed by atoms with Gasteiger partial charge < -0.3 is 23.4 Å². The van der Waals surface area contributed by atoms with Crippen molar-refractivity contribution in [3.8, 4) is 23.0 Å². The second kappa shape index (κ2) is 20.3. The Morgan fingerprint density at radius 3 is 1.19 bits per heavy atom. The summed E-state index contributed by atoms with van der Waals surface area (Å²) < 4.78 is 26.0. The zero-order chi connectivity index (χ0) is 37.1. The van der Waals surface area contributed by atoms with Crippen molar-refractivity contribution in [2.45, 2.75) is 26.2 Å². The van der Waals surface area contributed by atoms with Crippen LogP contribution in [0.25, 0.3) is 0 Å². The highest BCUT2D eigenvalue weighted by atomic mass is 16.5. The quantitative estimate of drug-likeness (QED) is 0.0730. The molecule has 0 aliphatic rings. The molecule has 0 fully saturated rings. The SMILES string of the molecule is COc1ccc(CN(Cc2ccc(OC)cc2)N=Cc2cccnc2)cc1.COc1ccc(CN(Cc2ccc(OC)cc2)N=Cc2ccoc2)cc1. The van der Waals surface area contributed by atoms with Crippen LogP contribution < -0.4 is 18.9 Å². The lowest BCUT2D eigenvalue weighted by Gasteiger charge is -2.20.